The van der Waals surface area contributed by atoms with E-state index in [0.29, 0.717) is 0 Å². The summed E-state index contributed by atoms with van der Waals surface area (Å²) in [6, 6.07) is 7.02. The van der Waals surface area contributed by atoms with Gasteiger partial charge in [-0.25, -0.2) is 18.0 Å². The van der Waals surface area contributed by atoms with E-state index in [1.54, 1.807) is 0 Å². The number of halogens is 3. The molecule has 2 aromatic rings. The monoisotopic (exact) mass is 266 g/mol. The topological polar surface area (TPSA) is 26.3 Å². The van der Waals surface area contributed by atoms with Crippen LogP contribution < -0.4 is 0 Å². The second kappa shape index (κ2) is 5.14. The van der Waals surface area contributed by atoms with Gasteiger partial charge in [-0.1, -0.05) is 18.2 Å². The number of benzene rings is 2. The van der Waals surface area contributed by atoms with Gasteiger partial charge in [0.15, 0.2) is 0 Å². The van der Waals surface area contributed by atoms with Crippen molar-refractivity contribution >= 4 is 5.97 Å². The molecule has 0 amide bonds. The molecule has 0 aliphatic heterocycles. The normalized spacial score (nSPS) is 10.3. The van der Waals surface area contributed by atoms with Crippen molar-refractivity contribution in [2.24, 2.45) is 0 Å². The first-order valence-electron chi connectivity index (χ1n) is 5.37. The van der Waals surface area contributed by atoms with E-state index in [4.69, 9.17) is 0 Å². The molecule has 0 atom stereocenters. The lowest BCUT2D eigenvalue weighted by Gasteiger charge is -2.09. The van der Waals surface area contributed by atoms with Crippen LogP contribution in [-0.4, -0.2) is 13.1 Å². The summed E-state index contributed by atoms with van der Waals surface area (Å²) in [5.41, 5.74) is -1.27. The molecular formula is C14H9F3O2. The molecule has 0 aromatic heterocycles. The first-order valence-corrected chi connectivity index (χ1v) is 5.37. The van der Waals surface area contributed by atoms with E-state index in [1.807, 2.05) is 0 Å². The van der Waals surface area contributed by atoms with E-state index < -0.39 is 34.5 Å². The SMILES string of the molecule is COC(=O)c1ccc(F)c(-c2ccccc2F)c1F. The smallest absolute Gasteiger partial charge is 0.340 e. The molecule has 98 valence electrons. The fourth-order valence-electron chi connectivity index (χ4n) is 1.73. The number of carbonyl (C=O) groups excluding carboxylic acids is 1. The number of rotatable bonds is 2. The van der Waals surface area contributed by atoms with Gasteiger partial charge in [0.25, 0.3) is 0 Å². The first kappa shape index (κ1) is 13.1. The maximum atomic E-state index is 14.1. The third kappa shape index (κ3) is 2.31. The summed E-state index contributed by atoms with van der Waals surface area (Å²) in [6.45, 7) is 0. The highest BCUT2D eigenvalue weighted by Crippen LogP contribution is 2.30. The van der Waals surface area contributed by atoms with Gasteiger partial charge < -0.3 is 4.74 Å². The Kier molecular flexibility index (Phi) is 3.55. The lowest BCUT2D eigenvalue weighted by molar-refractivity contribution is 0.0595. The summed E-state index contributed by atoms with van der Waals surface area (Å²) >= 11 is 0. The summed E-state index contributed by atoms with van der Waals surface area (Å²) in [7, 11) is 1.08. The number of methoxy groups -OCH3 is 1. The number of hydrogen-bond donors (Lipinski definition) is 0. The summed E-state index contributed by atoms with van der Waals surface area (Å²) in [6.07, 6.45) is 0. The third-order valence-electron chi connectivity index (χ3n) is 2.64. The van der Waals surface area contributed by atoms with Crippen LogP contribution in [0.5, 0.6) is 0 Å². The molecule has 2 aromatic carbocycles. The van der Waals surface area contributed by atoms with Crippen molar-refractivity contribution < 1.29 is 22.7 Å². The highest BCUT2D eigenvalue weighted by Gasteiger charge is 2.21. The molecule has 0 saturated carbocycles. The highest BCUT2D eigenvalue weighted by atomic mass is 19.1. The van der Waals surface area contributed by atoms with Crippen LogP contribution in [0.1, 0.15) is 10.4 Å². The Balaban J connectivity index is 2.70. The molecule has 0 saturated heterocycles. The number of hydrogen-bond acceptors (Lipinski definition) is 2. The van der Waals surface area contributed by atoms with E-state index in [0.717, 1.165) is 25.3 Å². The van der Waals surface area contributed by atoms with Gasteiger partial charge in [0.05, 0.1) is 18.2 Å². The lowest BCUT2D eigenvalue weighted by Crippen LogP contribution is -2.07. The molecule has 2 rings (SSSR count). The summed E-state index contributed by atoms with van der Waals surface area (Å²) in [5, 5.41) is 0. The molecule has 19 heavy (non-hydrogen) atoms. The fraction of sp³-hybridized carbons (Fsp3) is 0.0714. The van der Waals surface area contributed by atoms with E-state index in [9.17, 15) is 18.0 Å². The van der Waals surface area contributed by atoms with Gasteiger partial charge in [-0.3, -0.25) is 0 Å². The number of ether oxygens (including phenoxy) is 1. The lowest BCUT2D eigenvalue weighted by atomic mass is 10.0. The Hall–Kier alpha value is -2.30. The summed E-state index contributed by atoms with van der Waals surface area (Å²) < 4.78 is 45.8. The van der Waals surface area contributed by atoms with Gasteiger partial charge in [0.2, 0.25) is 0 Å². The van der Waals surface area contributed by atoms with Gasteiger partial charge in [0.1, 0.15) is 17.5 Å². The second-order valence-electron chi connectivity index (χ2n) is 3.76. The zero-order chi connectivity index (χ0) is 14.0. The van der Waals surface area contributed by atoms with Crippen LogP contribution in [0.2, 0.25) is 0 Å². The third-order valence-corrected chi connectivity index (χ3v) is 2.64. The molecule has 0 unspecified atom stereocenters. The average molecular weight is 266 g/mol. The molecule has 2 nitrogen and oxygen atoms in total. The Labute approximate surface area is 107 Å². The number of esters is 1. The Morgan fingerprint density at radius 2 is 1.68 bits per heavy atom. The van der Waals surface area contributed by atoms with Crippen molar-refractivity contribution in [1.82, 2.24) is 0 Å². The molecular weight excluding hydrogens is 257 g/mol. The van der Waals surface area contributed by atoms with E-state index in [1.165, 1.54) is 18.2 Å². The highest BCUT2D eigenvalue weighted by molar-refractivity contribution is 5.91. The summed E-state index contributed by atoms with van der Waals surface area (Å²) in [5.74, 6) is -3.82. The van der Waals surface area contributed by atoms with E-state index >= 15 is 0 Å². The molecule has 0 bridgehead atoms. The molecule has 5 heteroatoms. The van der Waals surface area contributed by atoms with Crippen LogP contribution in [0.3, 0.4) is 0 Å². The van der Waals surface area contributed by atoms with Crippen molar-refractivity contribution in [1.29, 1.82) is 0 Å². The minimum atomic E-state index is -1.14. The Bertz CT molecular complexity index is 639. The Morgan fingerprint density at radius 3 is 2.32 bits per heavy atom. The molecule has 0 aliphatic carbocycles. The second-order valence-corrected chi connectivity index (χ2v) is 3.76. The van der Waals surface area contributed by atoms with Gasteiger partial charge in [-0.15, -0.1) is 0 Å². The van der Waals surface area contributed by atoms with Crippen LogP contribution in [0.15, 0.2) is 36.4 Å². The van der Waals surface area contributed by atoms with Crippen LogP contribution in [0.25, 0.3) is 11.1 Å². The zero-order valence-electron chi connectivity index (χ0n) is 9.91. The standard InChI is InChI=1S/C14H9F3O2/c1-19-14(18)9-6-7-11(16)12(13(9)17)8-4-2-3-5-10(8)15/h2-7H,1H3. The predicted octanol–water partition coefficient (Wildman–Crippen LogP) is 3.56. The van der Waals surface area contributed by atoms with Gasteiger partial charge in [-0.05, 0) is 18.2 Å². The fourth-order valence-corrected chi connectivity index (χ4v) is 1.73. The van der Waals surface area contributed by atoms with Gasteiger partial charge >= 0.3 is 5.97 Å². The minimum Gasteiger partial charge on any atom is -0.465 e. The minimum absolute atomic E-state index is 0.247. The maximum absolute atomic E-state index is 14.1. The molecule has 0 N–H and O–H groups in total. The molecule has 0 radical (unpaired) electrons. The zero-order valence-corrected chi connectivity index (χ0v) is 9.91. The molecule has 0 spiro atoms. The summed E-state index contributed by atoms with van der Waals surface area (Å²) in [4.78, 5) is 11.3. The Morgan fingerprint density at radius 1 is 1.00 bits per heavy atom. The van der Waals surface area contributed by atoms with Gasteiger partial charge in [0, 0.05) is 5.56 Å². The van der Waals surface area contributed by atoms with Crippen LogP contribution in [-0.2, 0) is 4.74 Å². The van der Waals surface area contributed by atoms with Crippen molar-refractivity contribution in [3.8, 4) is 11.1 Å². The van der Waals surface area contributed by atoms with Crippen LogP contribution >= 0.6 is 0 Å². The van der Waals surface area contributed by atoms with E-state index in [2.05, 4.69) is 4.74 Å². The van der Waals surface area contributed by atoms with Gasteiger partial charge in [-0.2, -0.15) is 0 Å². The van der Waals surface area contributed by atoms with Crippen LogP contribution in [0, 0.1) is 17.5 Å². The number of carbonyl (C=O) groups is 1. The van der Waals surface area contributed by atoms with Crippen molar-refractivity contribution in [2.45, 2.75) is 0 Å². The largest absolute Gasteiger partial charge is 0.465 e. The van der Waals surface area contributed by atoms with Crippen molar-refractivity contribution in [2.75, 3.05) is 7.11 Å². The molecule has 0 aliphatic rings. The predicted molar refractivity (Wildman–Crippen MR) is 63.1 cm³/mol. The van der Waals surface area contributed by atoms with E-state index in [-0.39, 0.29) is 5.56 Å². The molecule has 0 heterocycles. The average Bonchev–Trinajstić information content (AvgIpc) is 2.40. The first-order chi connectivity index (χ1) is 9.06. The van der Waals surface area contributed by atoms with Crippen molar-refractivity contribution in [3.63, 3.8) is 0 Å². The molecule has 0 fully saturated rings. The van der Waals surface area contributed by atoms with Crippen LogP contribution in [0.4, 0.5) is 13.2 Å². The quantitative estimate of drug-likeness (QED) is 0.777. The van der Waals surface area contributed by atoms with Crippen molar-refractivity contribution in [3.05, 3.63) is 59.4 Å². The maximum Gasteiger partial charge on any atom is 0.340 e.